The second-order valence-corrected chi connectivity index (χ2v) is 3.96. The normalized spacial score (nSPS) is 18.0. The van der Waals surface area contributed by atoms with Crippen molar-refractivity contribution in [2.24, 2.45) is 0 Å². The standard InChI is InChI=1S/C11H8N2O2S/c14-10-9-7(5-15-10)6-3-1-2-4-8(6)12-11(16)13-9/h1-4H,5H2,(H2,12,13,16). The van der Waals surface area contributed by atoms with Crippen LogP contribution in [0.2, 0.25) is 0 Å². The highest BCUT2D eigenvalue weighted by Gasteiger charge is 2.30. The monoisotopic (exact) mass is 232 g/mol. The maximum absolute atomic E-state index is 11.5. The predicted molar refractivity (Wildman–Crippen MR) is 63.7 cm³/mol. The molecule has 1 aromatic rings. The van der Waals surface area contributed by atoms with Crippen molar-refractivity contribution in [3.05, 3.63) is 35.5 Å². The fourth-order valence-corrected chi connectivity index (χ4v) is 2.08. The molecule has 2 aliphatic rings. The van der Waals surface area contributed by atoms with Crippen molar-refractivity contribution in [1.29, 1.82) is 0 Å². The van der Waals surface area contributed by atoms with Crippen LogP contribution < -0.4 is 10.6 Å². The number of thiocarbonyl (C=S) groups is 1. The van der Waals surface area contributed by atoms with Gasteiger partial charge < -0.3 is 15.4 Å². The number of benzene rings is 1. The molecule has 2 aliphatic heterocycles. The predicted octanol–water partition coefficient (Wildman–Crippen LogP) is 1.25. The number of anilines is 1. The summed E-state index contributed by atoms with van der Waals surface area (Å²) < 4.78 is 5.00. The van der Waals surface area contributed by atoms with Gasteiger partial charge in [0.05, 0.1) is 0 Å². The molecule has 0 aliphatic carbocycles. The zero-order valence-electron chi connectivity index (χ0n) is 8.24. The largest absolute Gasteiger partial charge is 0.456 e. The molecule has 0 amide bonds. The van der Waals surface area contributed by atoms with Gasteiger partial charge in [-0.05, 0) is 18.3 Å². The Morgan fingerprint density at radius 1 is 1.25 bits per heavy atom. The van der Waals surface area contributed by atoms with E-state index >= 15 is 0 Å². The van der Waals surface area contributed by atoms with Gasteiger partial charge in [0, 0.05) is 16.8 Å². The molecule has 2 N–H and O–H groups in total. The lowest BCUT2D eigenvalue weighted by atomic mass is 10.0. The molecule has 5 heteroatoms. The third-order valence-corrected chi connectivity index (χ3v) is 2.80. The summed E-state index contributed by atoms with van der Waals surface area (Å²) in [5.41, 5.74) is 3.15. The SMILES string of the molecule is O=C1OCC2=C1NC(=S)Nc1ccccc12. The molecule has 2 heterocycles. The molecule has 4 nitrogen and oxygen atoms in total. The number of rotatable bonds is 0. The Morgan fingerprint density at radius 3 is 2.94 bits per heavy atom. The van der Waals surface area contributed by atoms with Gasteiger partial charge in [-0.1, -0.05) is 18.2 Å². The molecule has 0 atom stereocenters. The lowest BCUT2D eigenvalue weighted by Crippen LogP contribution is -2.29. The van der Waals surface area contributed by atoms with Gasteiger partial charge in [-0.15, -0.1) is 0 Å². The molecule has 0 aromatic heterocycles. The van der Waals surface area contributed by atoms with Gasteiger partial charge in [0.25, 0.3) is 0 Å². The van der Waals surface area contributed by atoms with E-state index in [0.29, 0.717) is 17.4 Å². The molecule has 16 heavy (non-hydrogen) atoms. The van der Waals surface area contributed by atoms with Crippen LogP contribution in [0.1, 0.15) is 5.56 Å². The number of esters is 1. The maximum Gasteiger partial charge on any atom is 0.355 e. The number of hydrogen-bond acceptors (Lipinski definition) is 3. The van der Waals surface area contributed by atoms with Crippen LogP contribution >= 0.6 is 12.2 Å². The van der Waals surface area contributed by atoms with E-state index < -0.39 is 0 Å². The van der Waals surface area contributed by atoms with Gasteiger partial charge in [0.15, 0.2) is 5.11 Å². The lowest BCUT2D eigenvalue weighted by molar-refractivity contribution is -0.136. The Kier molecular flexibility index (Phi) is 1.94. The summed E-state index contributed by atoms with van der Waals surface area (Å²) in [7, 11) is 0. The summed E-state index contributed by atoms with van der Waals surface area (Å²) in [4.78, 5) is 11.5. The van der Waals surface area contributed by atoms with Gasteiger partial charge in [0.1, 0.15) is 12.3 Å². The van der Waals surface area contributed by atoms with Crippen LogP contribution in [0.5, 0.6) is 0 Å². The van der Waals surface area contributed by atoms with Crippen LogP contribution in [0.3, 0.4) is 0 Å². The minimum atomic E-state index is -0.351. The first kappa shape index (κ1) is 9.35. The minimum Gasteiger partial charge on any atom is -0.456 e. The second kappa shape index (κ2) is 3.31. The number of cyclic esters (lactones) is 1. The van der Waals surface area contributed by atoms with Crippen molar-refractivity contribution in [3.8, 4) is 0 Å². The maximum atomic E-state index is 11.5. The smallest absolute Gasteiger partial charge is 0.355 e. The zero-order chi connectivity index (χ0) is 11.1. The van der Waals surface area contributed by atoms with Crippen molar-refractivity contribution in [2.45, 2.75) is 0 Å². The highest BCUT2D eigenvalue weighted by atomic mass is 32.1. The van der Waals surface area contributed by atoms with E-state index in [0.717, 1.165) is 16.8 Å². The Balaban J connectivity index is 2.23. The van der Waals surface area contributed by atoms with Crippen LogP contribution in [0.4, 0.5) is 5.69 Å². The molecule has 0 fully saturated rings. The number of nitrogens with one attached hydrogen (secondary N) is 2. The summed E-state index contributed by atoms with van der Waals surface area (Å²) >= 11 is 5.08. The van der Waals surface area contributed by atoms with Crippen LogP contribution in [0, 0.1) is 0 Å². The summed E-state index contributed by atoms with van der Waals surface area (Å²) in [6.45, 7) is 0.294. The van der Waals surface area contributed by atoms with Gasteiger partial charge >= 0.3 is 5.97 Å². The first-order valence-corrected chi connectivity index (χ1v) is 5.24. The van der Waals surface area contributed by atoms with Crippen molar-refractivity contribution < 1.29 is 9.53 Å². The van der Waals surface area contributed by atoms with E-state index in [1.807, 2.05) is 24.3 Å². The number of hydrogen-bond donors (Lipinski definition) is 2. The number of para-hydroxylation sites is 1. The molecule has 0 spiro atoms. The van der Waals surface area contributed by atoms with E-state index in [2.05, 4.69) is 10.6 Å². The first-order chi connectivity index (χ1) is 7.75. The van der Waals surface area contributed by atoms with Crippen LogP contribution in [0.15, 0.2) is 30.0 Å². The average Bonchev–Trinajstić information content (AvgIpc) is 2.56. The summed E-state index contributed by atoms with van der Waals surface area (Å²) in [5, 5.41) is 6.32. The lowest BCUT2D eigenvalue weighted by Gasteiger charge is -2.09. The first-order valence-electron chi connectivity index (χ1n) is 4.83. The molecule has 0 bridgehead atoms. The highest BCUT2D eigenvalue weighted by Crippen LogP contribution is 2.31. The zero-order valence-corrected chi connectivity index (χ0v) is 9.06. The fourth-order valence-electron chi connectivity index (χ4n) is 1.87. The molecule has 3 rings (SSSR count). The van der Waals surface area contributed by atoms with E-state index in [9.17, 15) is 4.79 Å². The molecule has 0 radical (unpaired) electrons. The Labute approximate surface area is 97.3 Å². The third kappa shape index (κ3) is 1.29. The molecule has 0 saturated heterocycles. The van der Waals surface area contributed by atoms with E-state index in [4.69, 9.17) is 17.0 Å². The number of carbonyl (C=O) groups excluding carboxylic acids is 1. The number of fused-ring (bicyclic) bond motifs is 2. The van der Waals surface area contributed by atoms with Crippen molar-refractivity contribution in [2.75, 3.05) is 11.9 Å². The Hall–Kier alpha value is -1.88. The van der Waals surface area contributed by atoms with Crippen molar-refractivity contribution in [3.63, 3.8) is 0 Å². The average molecular weight is 232 g/mol. The number of ether oxygens (including phenoxy) is 1. The molecule has 0 unspecified atom stereocenters. The third-order valence-electron chi connectivity index (χ3n) is 2.59. The minimum absolute atomic E-state index is 0.294. The quantitative estimate of drug-likeness (QED) is 0.521. The van der Waals surface area contributed by atoms with E-state index in [-0.39, 0.29) is 5.97 Å². The molecular formula is C11H8N2O2S. The van der Waals surface area contributed by atoms with E-state index in [1.165, 1.54) is 0 Å². The van der Waals surface area contributed by atoms with Gasteiger partial charge in [-0.2, -0.15) is 0 Å². The van der Waals surface area contributed by atoms with Gasteiger partial charge in [-0.25, -0.2) is 4.79 Å². The number of carbonyl (C=O) groups is 1. The van der Waals surface area contributed by atoms with E-state index in [1.54, 1.807) is 0 Å². The molecule has 1 aromatic carbocycles. The van der Waals surface area contributed by atoms with Crippen LogP contribution in [-0.2, 0) is 9.53 Å². The highest BCUT2D eigenvalue weighted by molar-refractivity contribution is 7.80. The summed E-state index contributed by atoms with van der Waals surface area (Å²) in [6, 6.07) is 7.69. The molecule has 0 saturated carbocycles. The topological polar surface area (TPSA) is 50.4 Å². The summed E-state index contributed by atoms with van der Waals surface area (Å²) in [5.74, 6) is -0.351. The van der Waals surface area contributed by atoms with Gasteiger partial charge in [-0.3, -0.25) is 0 Å². The van der Waals surface area contributed by atoms with Crippen LogP contribution in [0.25, 0.3) is 5.57 Å². The Morgan fingerprint density at radius 2 is 2.06 bits per heavy atom. The summed E-state index contributed by atoms with van der Waals surface area (Å²) in [6.07, 6.45) is 0. The molecule has 80 valence electrons. The van der Waals surface area contributed by atoms with Crippen molar-refractivity contribution >= 4 is 34.6 Å². The Bertz CT molecular complexity index is 537. The fraction of sp³-hybridized carbons (Fsp3) is 0.0909. The van der Waals surface area contributed by atoms with Crippen LogP contribution in [-0.4, -0.2) is 17.7 Å². The van der Waals surface area contributed by atoms with Crippen molar-refractivity contribution in [1.82, 2.24) is 5.32 Å². The molecular weight excluding hydrogens is 224 g/mol. The van der Waals surface area contributed by atoms with Gasteiger partial charge in [0.2, 0.25) is 0 Å². The second-order valence-electron chi connectivity index (χ2n) is 3.55.